The molecule has 0 aliphatic carbocycles. The van der Waals surface area contributed by atoms with Crippen LogP contribution in [-0.4, -0.2) is 19.7 Å². The monoisotopic (exact) mass is 351 g/mol. The number of rotatable bonds is 5. The van der Waals surface area contributed by atoms with E-state index in [-0.39, 0.29) is 11.5 Å². The molecule has 0 unspecified atom stereocenters. The SMILES string of the molecule is Cn1nccc1CN(Cc1cccc(F)c1)c1ccc2[nH]c(=O)[nH]c2c1. The van der Waals surface area contributed by atoms with Crippen molar-refractivity contribution in [3.63, 3.8) is 0 Å². The molecule has 0 bridgehead atoms. The molecular weight excluding hydrogens is 333 g/mol. The normalized spacial score (nSPS) is 11.2. The molecule has 0 amide bonds. The number of aromatic nitrogens is 4. The Hall–Kier alpha value is -3.35. The smallest absolute Gasteiger partial charge is 0.323 e. The maximum absolute atomic E-state index is 13.6. The quantitative estimate of drug-likeness (QED) is 0.581. The molecule has 0 saturated heterocycles. The number of halogens is 1. The fraction of sp³-hybridized carbons (Fsp3) is 0.158. The van der Waals surface area contributed by atoms with Crippen LogP contribution in [0.4, 0.5) is 10.1 Å². The van der Waals surface area contributed by atoms with E-state index in [1.165, 1.54) is 12.1 Å². The zero-order chi connectivity index (χ0) is 18.1. The fourth-order valence-corrected chi connectivity index (χ4v) is 3.06. The summed E-state index contributed by atoms with van der Waals surface area (Å²) in [7, 11) is 1.89. The van der Waals surface area contributed by atoms with Gasteiger partial charge in [-0.1, -0.05) is 12.1 Å². The molecule has 2 heterocycles. The van der Waals surface area contributed by atoms with Gasteiger partial charge in [0.05, 0.1) is 23.3 Å². The van der Waals surface area contributed by atoms with Gasteiger partial charge in [0.2, 0.25) is 0 Å². The summed E-state index contributed by atoms with van der Waals surface area (Å²) in [5, 5.41) is 4.22. The number of fused-ring (bicyclic) bond motifs is 1. The van der Waals surface area contributed by atoms with Gasteiger partial charge in [-0.05, 0) is 42.0 Å². The molecule has 4 aromatic rings. The highest BCUT2D eigenvalue weighted by molar-refractivity contribution is 5.79. The number of hydrogen-bond acceptors (Lipinski definition) is 3. The van der Waals surface area contributed by atoms with Crippen LogP contribution in [0, 0.1) is 5.82 Å². The topological polar surface area (TPSA) is 69.7 Å². The van der Waals surface area contributed by atoms with Crippen molar-refractivity contribution < 1.29 is 4.39 Å². The lowest BCUT2D eigenvalue weighted by Crippen LogP contribution is -2.23. The van der Waals surface area contributed by atoms with Gasteiger partial charge < -0.3 is 14.9 Å². The molecule has 0 aliphatic heterocycles. The van der Waals surface area contributed by atoms with E-state index in [0.717, 1.165) is 28.0 Å². The van der Waals surface area contributed by atoms with Gasteiger partial charge >= 0.3 is 5.69 Å². The molecule has 4 rings (SSSR count). The summed E-state index contributed by atoms with van der Waals surface area (Å²) in [5.74, 6) is -0.256. The van der Waals surface area contributed by atoms with E-state index in [9.17, 15) is 9.18 Å². The van der Waals surface area contributed by atoms with Gasteiger partial charge in [-0.15, -0.1) is 0 Å². The molecule has 2 aromatic carbocycles. The Balaban J connectivity index is 1.72. The Morgan fingerprint density at radius 3 is 2.69 bits per heavy atom. The van der Waals surface area contributed by atoms with Gasteiger partial charge in [-0.3, -0.25) is 4.68 Å². The standard InChI is InChI=1S/C19H18FN5O/c1-24-16(7-8-21-24)12-25(11-13-3-2-4-14(20)9-13)15-5-6-17-18(10-15)23-19(26)22-17/h2-10H,11-12H2,1H3,(H2,22,23,26). The Kier molecular flexibility index (Phi) is 4.04. The third-order valence-corrected chi connectivity index (χ3v) is 4.40. The number of nitrogens with one attached hydrogen (secondary N) is 2. The lowest BCUT2D eigenvalue weighted by Gasteiger charge is -2.25. The van der Waals surface area contributed by atoms with Crippen molar-refractivity contribution >= 4 is 16.7 Å². The van der Waals surface area contributed by atoms with E-state index in [1.807, 2.05) is 42.1 Å². The summed E-state index contributed by atoms with van der Waals surface area (Å²) in [6, 6.07) is 14.3. The van der Waals surface area contributed by atoms with Crippen molar-refractivity contribution in [2.24, 2.45) is 7.05 Å². The number of aromatic amines is 2. The van der Waals surface area contributed by atoms with Crippen LogP contribution < -0.4 is 10.6 Å². The van der Waals surface area contributed by atoms with E-state index < -0.39 is 0 Å². The molecule has 2 N–H and O–H groups in total. The van der Waals surface area contributed by atoms with Crippen LogP contribution in [0.25, 0.3) is 11.0 Å². The highest BCUT2D eigenvalue weighted by Crippen LogP contribution is 2.23. The van der Waals surface area contributed by atoms with Crippen LogP contribution in [0.1, 0.15) is 11.3 Å². The van der Waals surface area contributed by atoms with E-state index in [4.69, 9.17) is 0 Å². The Bertz CT molecular complexity index is 1110. The summed E-state index contributed by atoms with van der Waals surface area (Å²) in [5.41, 5.74) is 4.09. The van der Waals surface area contributed by atoms with E-state index in [1.54, 1.807) is 12.3 Å². The fourth-order valence-electron chi connectivity index (χ4n) is 3.06. The second-order valence-corrected chi connectivity index (χ2v) is 6.24. The Labute approximate surface area is 148 Å². The molecule has 0 fully saturated rings. The lowest BCUT2D eigenvalue weighted by molar-refractivity contribution is 0.623. The number of aryl methyl sites for hydroxylation is 1. The summed E-state index contributed by atoms with van der Waals surface area (Å²) in [4.78, 5) is 19.2. The minimum Gasteiger partial charge on any atom is -0.361 e. The lowest BCUT2D eigenvalue weighted by atomic mass is 10.1. The van der Waals surface area contributed by atoms with Crippen LogP contribution in [0.3, 0.4) is 0 Å². The summed E-state index contributed by atoms with van der Waals surface area (Å²) >= 11 is 0. The first-order valence-electron chi connectivity index (χ1n) is 8.27. The second-order valence-electron chi connectivity index (χ2n) is 6.24. The highest BCUT2D eigenvalue weighted by Gasteiger charge is 2.12. The molecule has 0 aliphatic rings. The number of nitrogens with zero attached hydrogens (tertiary/aromatic N) is 3. The molecule has 7 heteroatoms. The molecule has 0 saturated carbocycles. The average molecular weight is 351 g/mol. The molecule has 132 valence electrons. The van der Waals surface area contributed by atoms with Crippen molar-refractivity contribution in [3.8, 4) is 0 Å². The van der Waals surface area contributed by atoms with Crippen LogP contribution in [0.2, 0.25) is 0 Å². The van der Waals surface area contributed by atoms with E-state index >= 15 is 0 Å². The molecule has 0 radical (unpaired) electrons. The van der Waals surface area contributed by atoms with E-state index in [2.05, 4.69) is 20.0 Å². The number of imidazole rings is 1. The van der Waals surface area contributed by atoms with Crippen molar-refractivity contribution in [1.82, 2.24) is 19.7 Å². The Morgan fingerprint density at radius 2 is 1.92 bits per heavy atom. The van der Waals surface area contributed by atoms with Gasteiger partial charge in [0.15, 0.2) is 0 Å². The zero-order valence-corrected chi connectivity index (χ0v) is 14.2. The minimum atomic E-state index is -0.256. The Morgan fingerprint density at radius 1 is 1.08 bits per heavy atom. The third kappa shape index (κ3) is 3.23. The number of H-pyrrole nitrogens is 2. The van der Waals surface area contributed by atoms with E-state index in [0.29, 0.717) is 13.1 Å². The number of hydrogen-bond donors (Lipinski definition) is 2. The largest absolute Gasteiger partial charge is 0.361 e. The second kappa shape index (κ2) is 6.51. The maximum atomic E-state index is 13.6. The average Bonchev–Trinajstić information content (AvgIpc) is 3.18. The predicted molar refractivity (Wildman–Crippen MR) is 98.4 cm³/mol. The van der Waals surface area contributed by atoms with Crippen molar-refractivity contribution in [1.29, 1.82) is 0 Å². The first-order valence-corrected chi connectivity index (χ1v) is 8.27. The maximum Gasteiger partial charge on any atom is 0.323 e. The first-order chi connectivity index (χ1) is 12.6. The molecule has 2 aromatic heterocycles. The van der Waals surface area contributed by atoms with Gasteiger partial charge in [0.25, 0.3) is 0 Å². The first kappa shape index (κ1) is 16.1. The predicted octanol–water partition coefficient (Wildman–Crippen LogP) is 2.94. The van der Waals surface area contributed by atoms with Crippen molar-refractivity contribution in [3.05, 3.63) is 82.3 Å². The summed E-state index contributed by atoms with van der Waals surface area (Å²) in [6.45, 7) is 1.14. The van der Waals surface area contributed by atoms with Crippen LogP contribution >= 0.6 is 0 Å². The molecular formula is C19H18FN5O. The minimum absolute atomic E-state index is 0.236. The summed E-state index contributed by atoms with van der Waals surface area (Å²) in [6.07, 6.45) is 1.75. The van der Waals surface area contributed by atoms with Crippen LogP contribution in [0.5, 0.6) is 0 Å². The third-order valence-electron chi connectivity index (χ3n) is 4.40. The van der Waals surface area contributed by atoms with Gasteiger partial charge in [0.1, 0.15) is 5.82 Å². The van der Waals surface area contributed by atoms with Gasteiger partial charge in [0, 0.05) is 25.5 Å². The number of anilines is 1. The van der Waals surface area contributed by atoms with Crippen molar-refractivity contribution in [2.75, 3.05) is 4.90 Å². The zero-order valence-electron chi connectivity index (χ0n) is 14.2. The van der Waals surface area contributed by atoms with Gasteiger partial charge in [-0.2, -0.15) is 5.10 Å². The van der Waals surface area contributed by atoms with Gasteiger partial charge in [-0.25, -0.2) is 9.18 Å². The molecule has 0 spiro atoms. The van der Waals surface area contributed by atoms with Crippen molar-refractivity contribution in [2.45, 2.75) is 13.1 Å². The summed E-state index contributed by atoms with van der Waals surface area (Å²) < 4.78 is 15.4. The number of benzene rings is 2. The highest BCUT2D eigenvalue weighted by atomic mass is 19.1. The molecule has 0 atom stereocenters. The van der Waals surface area contributed by atoms with Crippen LogP contribution in [-0.2, 0) is 20.1 Å². The van der Waals surface area contributed by atoms with Crippen LogP contribution in [0.15, 0.2) is 59.5 Å². The molecule has 6 nitrogen and oxygen atoms in total. The molecule has 26 heavy (non-hydrogen) atoms.